The van der Waals surface area contributed by atoms with Crippen LogP contribution in [0.15, 0.2) is 18.2 Å². The van der Waals surface area contributed by atoms with Crippen molar-refractivity contribution in [3.63, 3.8) is 0 Å². The summed E-state index contributed by atoms with van der Waals surface area (Å²) in [6.07, 6.45) is 0. The van der Waals surface area contributed by atoms with Crippen molar-refractivity contribution in [2.45, 2.75) is 13.0 Å². The first-order valence-electron chi connectivity index (χ1n) is 5.52. The molecule has 1 fully saturated rings. The zero-order valence-electron chi connectivity index (χ0n) is 9.37. The van der Waals surface area contributed by atoms with E-state index in [4.69, 9.17) is 10.5 Å². The monoisotopic (exact) mass is 223 g/mol. The lowest BCUT2D eigenvalue weighted by Crippen LogP contribution is -2.37. The number of ether oxygens (including phenoxy) is 1. The zero-order chi connectivity index (χ0) is 11.5. The summed E-state index contributed by atoms with van der Waals surface area (Å²) in [6.45, 7) is 4.40. The van der Waals surface area contributed by atoms with Gasteiger partial charge < -0.3 is 9.64 Å². The summed E-state index contributed by atoms with van der Waals surface area (Å²) in [5, 5.41) is 0. The van der Waals surface area contributed by atoms with E-state index < -0.39 is 6.04 Å². The standard InChI is InChI=1S/C12H16FN2O/c1-9(14)10-3-2-4-11(13)12(10)15-5-7-16-8-6-15/h2-4,9,14H,5-8H2,1H3. The molecule has 2 rings (SSSR count). The first-order chi connectivity index (χ1) is 7.70. The molecule has 1 atom stereocenters. The van der Waals surface area contributed by atoms with Gasteiger partial charge in [0, 0.05) is 19.1 Å². The van der Waals surface area contributed by atoms with Gasteiger partial charge in [-0.15, -0.1) is 0 Å². The summed E-state index contributed by atoms with van der Waals surface area (Å²) in [4.78, 5) is 1.97. The Morgan fingerprint density at radius 1 is 1.38 bits per heavy atom. The topological polar surface area (TPSA) is 36.3 Å². The molecule has 1 heterocycles. The highest BCUT2D eigenvalue weighted by atomic mass is 19.1. The molecule has 1 aliphatic rings. The van der Waals surface area contributed by atoms with Crippen molar-refractivity contribution in [3.05, 3.63) is 29.6 Å². The van der Waals surface area contributed by atoms with Crippen molar-refractivity contribution in [1.29, 1.82) is 0 Å². The second-order valence-corrected chi connectivity index (χ2v) is 4.00. The van der Waals surface area contributed by atoms with Gasteiger partial charge in [0.1, 0.15) is 5.82 Å². The molecule has 0 saturated carbocycles. The third-order valence-electron chi connectivity index (χ3n) is 2.81. The fraction of sp³-hybridized carbons (Fsp3) is 0.500. The van der Waals surface area contributed by atoms with E-state index >= 15 is 0 Å². The third-order valence-corrected chi connectivity index (χ3v) is 2.81. The van der Waals surface area contributed by atoms with Crippen LogP contribution in [0, 0.1) is 5.82 Å². The summed E-state index contributed by atoms with van der Waals surface area (Å²) in [5.41, 5.74) is 9.08. The number of hydrogen-bond acceptors (Lipinski definition) is 2. The van der Waals surface area contributed by atoms with Gasteiger partial charge >= 0.3 is 0 Å². The largest absolute Gasteiger partial charge is 0.378 e. The minimum atomic E-state index is -0.409. The van der Waals surface area contributed by atoms with Gasteiger partial charge in [-0.05, 0) is 18.6 Å². The van der Waals surface area contributed by atoms with Crippen LogP contribution in [0.25, 0.3) is 0 Å². The van der Waals surface area contributed by atoms with E-state index in [9.17, 15) is 4.39 Å². The first-order valence-corrected chi connectivity index (χ1v) is 5.52. The molecule has 16 heavy (non-hydrogen) atoms. The Labute approximate surface area is 95.0 Å². The normalized spacial score (nSPS) is 18.6. The molecule has 1 aromatic rings. The van der Waals surface area contributed by atoms with E-state index in [1.165, 1.54) is 6.07 Å². The molecule has 0 aromatic heterocycles. The Kier molecular flexibility index (Phi) is 3.41. The second kappa shape index (κ2) is 4.80. The number of rotatable bonds is 2. The Morgan fingerprint density at radius 3 is 2.69 bits per heavy atom. The molecule has 4 heteroatoms. The van der Waals surface area contributed by atoms with Crippen molar-refractivity contribution in [3.8, 4) is 0 Å². The SMILES string of the molecule is CC([NH])c1cccc(F)c1N1CCOCC1. The third kappa shape index (κ3) is 2.18. The summed E-state index contributed by atoms with van der Waals surface area (Å²) in [6, 6.07) is 4.54. The van der Waals surface area contributed by atoms with Gasteiger partial charge in [0.25, 0.3) is 0 Å². The molecule has 0 bridgehead atoms. The summed E-state index contributed by atoms with van der Waals surface area (Å²) in [5.74, 6) is -0.237. The van der Waals surface area contributed by atoms with Crippen molar-refractivity contribution in [1.82, 2.24) is 5.73 Å². The molecule has 0 spiro atoms. The maximum Gasteiger partial charge on any atom is 0.146 e. The summed E-state index contributed by atoms with van der Waals surface area (Å²) >= 11 is 0. The minimum absolute atomic E-state index is 0.237. The molecule has 1 aromatic carbocycles. The molecule has 0 aliphatic carbocycles. The van der Waals surface area contributed by atoms with Crippen molar-refractivity contribution >= 4 is 5.69 Å². The predicted octanol–water partition coefficient (Wildman–Crippen LogP) is 2.01. The van der Waals surface area contributed by atoms with Gasteiger partial charge in [0.2, 0.25) is 0 Å². The van der Waals surface area contributed by atoms with E-state index in [1.807, 2.05) is 11.0 Å². The smallest absolute Gasteiger partial charge is 0.146 e. The fourth-order valence-corrected chi connectivity index (χ4v) is 2.00. The van der Waals surface area contributed by atoms with Gasteiger partial charge in [-0.25, -0.2) is 10.1 Å². The Bertz CT molecular complexity index is 362. The Balaban J connectivity index is 2.36. The average Bonchev–Trinajstić information content (AvgIpc) is 2.29. The molecule has 3 nitrogen and oxygen atoms in total. The Morgan fingerprint density at radius 2 is 2.06 bits per heavy atom. The predicted molar refractivity (Wildman–Crippen MR) is 60.9 cm³/mol. The van der Waals surface area contributed by atoms with E-state index in [-0.39, 0.29) is 5.82 Å². The average molecular weight is 223 g/mol. The van der Waals surface area contributed by atoms with Crippen molar-refractivity contribution in [2.75, 3.05) is 31.2 Å². The molecule has 0 amide bonds. The fourth-order valence-electron chi connectivity index (χ4n) is 2.00. The molecule has 1 N–H and O–H groups in total. The van der Waals surface area contributed by atoms with Gasteiger partial charge in [-0.3, -0.25) is 0 Å². The van der Waals surface area contributed by atoms with E-state index in [2.05, 4.69) is 0 Å². The highest BCUT2D eigenvalue weighted by molar-refractivity contribution is 5.56. The lowest BCUT2D eigenvalue weighted by molar-refractivity contribution is 0.122. The molecular weight excluding hydrogens is 207 g/mol. The summed E-state index contributed by atoms with van der Waals surface area (Å²) in [7, 11) is 0. The van der Waals surface area contributed by atoms with E-state index in [0.717, 1.165) is 5.56 Å². The van der Waals surface area contributed by atoms with Crippen molar-refractivity contribution < 1.29 is 9.13 Å². The molecule has 1 unspecified atom stereocenters. The first kappa shape index (κ1) is 11.4. The van der Waals surface area contributed by atoms with Crippen LogP contribution in [0.4, 0.5) is 10.1 Å². The van der Waals surface area contributed by atoms with Crippen LogP contribution < -0.4 is 10.6 Å². The van der Waals surface area contributed by atoms with E-state index in [1.54, 1.807) is 13.0 Å². The van der Waals surface area contributed by atoms with Crippen LogP contribution in [0.2, 0.25) is 0 Å². The molecule has 1 saturated heterocycles. The highest BCUT2D eigenvalue weighted by Crippen LogP contribution is 2.29. The van der Waals surface area contributed by atoms with Crippen LogP contribution >= 0.6 is 0 Å². The zero-order valence-corrected chi connectivity index (χ0v) is 9.37. The number of anilines is 1. The molecule has 1 aliphatic heterocycles. The number of morpholine rings is 1. The minimum Gasteiger partial charge on any atom is -0.378 e. The van der Waals surface area contributed by atoms with Crippen LogP contribution in [-0.4, -0.2) is 26.3 Å². The van der Waals surface area contributed by atoms with Crippen molar-refractivity contribution in [2.24, 2.45) is 0 Å². The van der Waals surface area contributed by atoms with Gasteiger partial charge in [0.15, 0.2) is 0 Å². The van der Waals surface area contributed by atoms with Gasteiger partial charge in [-0.1, -0.05) is 12.1 Å². The maximum absolute atomic E-state index is 13.8. The molecular formula is C12H16FN2O. The quantitative estimate of drug-likeness (QED) is 0.769. The number of nitrogens with one attached hydrogen (secondary N) is 1. The lowest BCUT2D eigenvalue weighted by atomic mass is 10.1. The molecule has 87 valence electrons. The van der Waals surface area contributed by atoms with Gasteiger partial charge in [-0.2, -0.15) is 0 Å². The van der Waals surface area contributed by atoms with Crippen LogP contribution in [0.3, 0.4) is 0 Å². The van der Waals surface area contributed by atoms with Crippen LogP contribution in [0.1, 0.15) is 18.5 Å². The number of nitrogens with zero attached hydrogens (tertiary/aromatic N) is 1. The van der Waals surface area contributed by atoms with Crippen LogP contribution in [-0.2, 0) is 4.74 Å². The number of halogens is 1. The van der Waals surface area contributed by atoms with E-state index in [0.29, 0.717) is 32.0 Å². The van der Waals surface area contributed by atoms with Crippen LogP contribution in [0.5, 0.6) is 0 Å². The highest BCUT2D eigenvalue weighted by Gasteiger charge is 2.20. The maximum atomic E-state index is 13.8. The Hall–Kier alpha value is -1.13. The summed E-state index contributed by atoms with van der Waals surface area (Å²) < 4.78 is 19.1. The van der Waals surface area contributed by atoms with Gasteiger partial charge in [0.05, 0.1) is 18.9 Å². The number of hydrogen-bond donors (Lipinski definition) is 0. The number of para-hydroxylation sites is 1. The lowest BCUT2D eigenvalue weighted by Gasteiger charge is -2.31. The second-order valence-electron chi connectivity index (χ2n) is 4.00. The molecule has 1 radical (unpaired) electrons. The number of benzene rings is 1.